The lowest BCUT2D eigenvalue weighted by Crippen LogP contribution is -2.04. The number of ether oxygens (including phenoxy) is 2. The van der Waals surface area contributed by atoms with Crippen LogP contribution in [0, 0.1) is 0 Å². The molecule has 0 unspecified atom stereocenters. The highest BCUT2D eigenvalue weighted by atomic mass is 79.9. The summed E-state index contributed by atoms with van der Waals surface area (Å²) in [4.78, 5) is 4.00. The van der Waals surface area contributed by atoms with E-state index >= 15 is 0 Å². The molecule has 4 heteroatoms. The van der Waals surface area contributed by atoms with Crippen LogP contribution in [-0.2, 0) is 4.74 Å². The molecule has 0 aliphatic heterocycles. The molecule has 0 amide bonds. The fourth-order valence-electron chi connectivity index (χ4n) is 0.694. The summed E-state index contributed by atoms with van der Waals surface area (Å²) in [6.07, 6.45) is 1.69. The predicted octanol–water partition coefficient (Wildman–Crippen LogP) is 1.87. The second-order valence-electron chi connectivity index (χ2n) is 2.15. The Labute approximate surface area is 79.8 Å². The Hall–Kier alpha value is -0.610. The molecule has 3 nitrogen and oxygen atoms in total. The van der Waals surface area contributed by atoms with Crippen LogP contribution in [-0.4, -0.2) is 25.3 Å². The van der Waals surface area contributed by atoms with Gasteiger partial charge in [0.2, 0.25) is 5.88 Å². The van der Waals surface area contributed by atoms with Gasteiger partial charge in [0, 0.05) is 23.8 Å². The molecule has 0 radical (unpaired) electrons. The molecule has 66 valence electrons. The molecule has 1 aromatic rings. The maximum Gasteiger partial charge on any atom is 0.214 e. The van der Waals surface area contributed by atoms with Crippen molar-refractivity contribution in [2.75, 3.05) is 20.3 Å². The molecule has 1 rings (SSSR count). The fraction of sp³-hybridized carbons (Fsp3) is 0.375. The van der Waals surface area contributed by atoms with Crippen LogP contribution in [0.1, 0.15) is 0 Å². The lowest BCUT2D eigenvalue weighted by Gasteiger charge is -2.03. The van der Waals surface area contributed by atoms with E-state index in [0.717, 1.165) is 4.47 Å². The summed E-state index contributed by atoms with van der Waals surface area (Å²) in [5.41, 5.74) is 0. The molecule has 12 heavy (non-hydrogen) atoms. The molecule has 0 saturated heterocycles. The number of hydrogen-bond acceptors (Lipinski definition) is 3. The van der Waals surface area contributed by atoms with E-state index in [4.69, 9.17) is 9.47 Å². The van der Waals surface area contributed by atoms with Gasteiger partial charge in [-0.3, -0.25) is 0 Å². The maximum atomic E-state index is 5.26. The third kappa shape index (κ3) is 3.19. The molecule has 1 aromatic heterocycles. The van der Waals surface area contributed by atoms with E-state index in [1.54, 1.807) is 13.3 Å². The van der Waals surface area contributed by atoms with Gasteiger partial charge in [0.25, 0.3) is 0 Å². The highest BCUT2D eigenvalue weighted by Gasteiger charge is 1.94. The van der Waals surface area contributed by atoms with Gasteiger partial charge in [-0.1, -0.05) is 15.9 Å². The first-order valence-electron chi connectivity index (χ1n) is 3.56. The van der Waals surface area contributed by atoms with Gasteiger partial charge in [-0.05, 0) is 6.07 Å². The number of rotatable bonds is 4. The smallest absolute Gasteiger partial charge is 0.214 e. The fourth-order valence-corrected chi connectivity index (χ4v) is 1.01. The Kier molecular flexibility index (Phi) is 4.04. The van der Waals surface area contributed by atoms with Gasteiger partial charge in [-0.2, -0.15) is 0 Å². The first-order valence-corrected chi connectivity index (χ1v) is 4.35. The van der Waals surface area contributed by atoms with E-state index in [-0.39, 0.29) is 0 Å². The van der Waals surface area contributed by atoms with Crippen molar-refractivity contribution in [1.82, 2.24) is 4.98 Å². The Morgan fingerprint density at radius 1 is 1.50 bits per heavy atom. The number of nitrogens with zero attached hydrogens (tertiary/aromatic N) is 1. The quantitative estimate of drug-likeness (QED) is 0.742. The van der Waals surface area contributed by atoms with Gasteiger partial charge in [-0.15, -0.1) is 0 Å². The van der Waals surface area contributed by atoms with Crippen molar-refractivity contribution in [2.45, 2.75) is 0 Å². The van der Waals surface area contributed by atoms with Crippen LogP contribution in [0.5, 0.6) is 5.88 Å². The number of methoxy groups -OCH3 is 1. The largest absolute Gasteiger partial charge is 0.475 e. The summed E-state index contributed by atoms with van der Waals surface area (Å²) in [7, 11) is 1.64. The maximum absolute atomic E-state index is 5.26. The minimum absolute atomic E-state index is 0.528. The van der Waals surface area contributed by atoms with Gasteiger partial charge >= 0.3 is 0 Å². The van der Waals surface area contributed by atoms with Crippen molar-refractivity contribution in [1.29, 1.82) is 0 Å². The van der Waals surface area contributed by atoms with Gasteiger partial charge in [0.05, 0.1) is 6.61 Å². The third-order valence-electron chi connectivity index (χ3n) is 1.23. The average Bonchev–Trinajstić information content (AvgIpc) is 2.05. The van der Waals surface area contributed by atoms with Crippen molar-refractivity contribution >= 4 is 15.9 Å². The lowest BCUT2D eigenvalue weighted by molar-refractivity contribution is 0.143. The molecule has 0 aliphatic rings. The van der Waals surface area contributed by atoms with Crippen LogP contribution < -0.4 is 4.74 Å². The molecule has 0 aromatic carbocycles. The zero-order chi connectivity index (χ0) is 8.81. The molecular formula is C8H10BrNO2. The van der Waals surface area contributed by atoms with E-state index in [0.29, 0.717) is 19.1 Å². The Morgan fingerprint density at radius 3 is 3.00 bits per heavy atom. The molecule has 1 heterocycles. The molecule has 0 bridgehead atoms. The summed E-state index contributed by atoms with van der Waals surface area (Å²) >= 11 is 3.32. The molecule has 0 saturated carbocycles. The first-order chi connectivity index (χ1) is 5.83. The Balaban J connectivity index is 2.41. The van der Waals surface area contributed by atoms with Crippen LogP contribution in [0.15, 0.2) is 22.8 Å². The zero-order valence-electron chi connectivity index (χ0n) is 6.79. The summed E-state index contributed by atoms with van der Waals surface area (Å²) < 4.78 is 11.1. The van der Waals surface area contributed by atoms with Crippen molar-refractivity contribution in [2.24, 2.45) is 0 Å². The highest BCUT2D eigenvalue weighted by Crippen LogP contribution is 2.14. The topological polar surface area (TPSA) is 31.4 Å². The van der Waals surface area contributed by atoms with E-state index in [9.17, 15) is 0 Å². The molecule has 0 atom stereocenters. The highest BCUT2D eigenvalue weighted by molar-refractivity contribution is 9.10. The number of pyridine rings is 1. The summed E-state index contributed by atoms with van der Waals surface area (Å²) in [6.45, 7) is 1.11. The number of hydrogen-bond donors (Lipinski definition) is 0. The molecule has 0 fully saturated rings. The van der Waals surface area contributed by atoms with E-state index in [1.165, 1.54) is 0 Å². The third-order valence-corrected chi connectivity index (χ3v) is 1.73. The lowest BCUT2D eigenvalue weighted by atomic mass is 10.5. The standard InChI is InChI=1S/C8H10BrNO2/c1-11-4-5-12-8-6-7(9)2-3-10-8/h2-3,6H,4-5H2,1H3. The van der Waals surface area contributed by atoms with Crippen LogP contribution in [0.4, 0.5) is 0 Å². The summed E-state index contributed by atoms with van der Waals surface area (Å²) in [6, 6.07) is 3.67. The van der Waals surface area contributed by atoms with E-state index < -0.39 is 0 Å². The summed E-state index contributed by atoms with van der Waals surface area (Å²) in [5.74, 6) is 0.612. The molecule has 0 spiro atoms. The van der Waals surface area contributed by atoms with Crippen LogP contribution in [0.3, 0.4) is 0 Å². The molecule has 0 N–H and O–H groups in total. The SMILES string of the molecule is COCCOc1cc(Br)ccn1. The number of halogens is 1. The van der Waals surface area contributed by atoms with Gasteiger partial charge < -0.3 is 9.47 Å². The van der Waals surface area contributed by atoms with Crippen molar-refractivity contribution < 1.29 is 9.47 Å². The van der Waals surface area contributed by atoms with Crippen LogP contribution >= 0.6 is 15.9 Å². The van der Waals surface area contributed by atoms with Gasteiger partial charge in [-0.25, -0.2) is 4.98 Å². The second-order valence-corrected chi connectivity index (χ2v) is 3.07. The second kappa shape index (κ2) is 5.11. The summed E-state index contributed by atoms with van der Waals surface area (Å²) in [5, 5.41) is 0. The van der Waals surface area contributed by atoms with E-state index in [1.807, 2.05) is 12.1 Å². The molecule has 0 aliphatic carbocycles. The minimum Gasteiger partial charge on any atom is -0.475 e. The van der Waals surface area contributed by atoms with Crippen molar-refractivity contribution in [3.8, 4) is 5.88 Å². The van der Waals surface area contributed by atoms with Crippen LogP contribution in [0.25, 0.3) is 0 Å². The minimum atomic E-state index is 0.528. The molecular weight excluding hydrogens is 222 g/mol. The monoisotopic (exact) mass is 231 g/mol. The zero-order valence-corrected chi connectivity index (χ0v) is 8.37. The van der Waals surface area contributed by atoms with Gasteiger partial charge in [0.1, 0.15) is 6.61 Å². The Bertz CT molecular complexity index is 242. The van der Waals surface area contributed by atoms with Gasteiger partial charge in [0.15, 0.2) is 0 Å². The first kappa shape index (κ1) is 9.48. The van der Waals surface area contributed by atoms with E-state index in [2.05, 4.69) is 20.9 Å². The normalized spacial score (nSPS) is 9.83. The average molecular weight is 232 g/mol. The van der Waals surface area contributed by atoms with Crippen molar-refractivity contribution in [3.05, 3.63) is 22.8 Å². The van der Waals surface area contributed by atoms with Crippen molar-refractivity contribution in [3.63, 3.8) is 0 Å². The Morgan fingerprint density at radius 2 is 2.33 bits per heavy atom. The number of aromatic nitrogens is 1. The van der Waals surface area contributed by atoms with Crippen LogP contribution in [0.2, 0.25) is 0 Å². The predicted molar refractivity (Wildman–Crippen MR) is 49.3 cm³/mol.